The van der Waals surface area contributed by atoms with Gasteiger partial charge in [0.25, 0.3) is 0 Å². The fourth-order valence-electron chi connectivity index (χ4n) is 5.10. The summed E-state index contributed by atoms with van der Waals surface area (Å²) in [7, 11) is 0. The molecule has 0 aliphatic rings. The molecule has 2 aromatic heterocycles. The summed E-state index contributed by atoms with van der Waals surface area (Å²) in [5.41, 5.74) is 8.32. The zero-order valence-electron chi connectivity index (χ0n) is 20.4. The molecule has 3 nitrogen and oxygen atoms in total. The van der Waals surface area contributed by atoms with Gasteiger partial charge in [0.2, 0.25) is 0 Å². The van der Waals surface area contributed by atoms with Gasteiger partial charge in [-0.15, -0.1) is 0 Å². The van der Waals surface area contributed by atoms with Gasteiger partial charge in [-0.3, -0.25) is 0 Å². The molecule has 0 radical (unpaired) electrons. The zero-order chi connectivity index (χ0) is 25.5. The molecule has 0 saturated heterocycles. The summed E-state index contributed by atoms with van der Waals surface area (Å²) in [6.07, 6.45) is 0. The molecule has 0 unspecified atom stereocenters. The Labute approximate surface area is 229 Å². The Hall–Kier alpha value is -4.54. The number of rotatable bonds is 4. The fraction of sp³-hybridized carbons (Fsp3) is 0. The highest BCUT2D eigenvalue weighted by atomic mass is 79.9. The number of nitrogens with zero attached hydrogens (tertiary/aromatic N) is 3. The molecule has 5 aromatic carbocycles. The third-order valence-electron chi connectivity index (χ3n) is 6.86. The number of hydrogen-bond donors (Lipinski definition) is 0. The van der Waals surface area contributed by atoms with E-state index in [1.54, 1.807) is 0 Å². The standard InChI is InChI=1S/C34H22BrN3/c35-26-18-19-33-29(21-26)28-16-7-8-17-32(28)38(33)27-15-9-14-25(20-27)34-36-30(23-10-3-1-4-11-23)22-31(37-34)24-12-5-2-6-13-24/h1-22H. The first-order valence-electron chi connectivity index (χ1n) is 12.5. The molecule has 7 aromatic rings. The molecule has 0 atom stereocenters. The molecule has 180 valence electrons. The first-order valence-corrected chi connectivity index (χ1v) is 13.3. The Morgan fingerprint density at radius 2 is 1.08 bits per heavy atom. The molecule has 0 bridgehead atoms. The van der Waals surface area contributed by atoms with Gasteiger partial charge in [-0.05, 0) is 42.5 Å². The minimum atomic E-state index is 0.704. The highest BCUT2D eigenvalue weighted by Crippen LogP contribution is 2.35. The number of aromatic nitrogens is 3. The Morgan fingerprint density at radius 1 is 0.474 bits per heavy atom. The van der Waals surface area contributed by atoms with E-state index in [1.165, 1.54) is 16.3 Å². The molecule has 7 rings (SSSR count). The molecule has 0 amide bonds. The molecular weight excluding hydrogens is 530 g/mol. The number of para-hydroxylation sites is 1. The van der Waals surface area contributed by atoms with E-state index in [0.717, 1.165) is 43.8 Å². The van der Waals surface area contributed by atoms with Crippen molar-refractivity contribution >= 4 is 37.7 Å². The van der Waals surface area contributed by atoms with Gasteiger partial charge in [0.05, 0.1) is 22.4 Å². The van der Waals surface area contributed by atoms with Gasteiger partial charge in [0.15, 0.2) is 5.82 Å². The van der Waals surface area contributed by atoms with Crippen molar-refractivity contribution in [1.29, 1.82) is 0 Å². The largest absolute Gasteiger partial charge is 0.309 e. The summed E-state index contributed by atoms with van der Waals surface area (Å²) >= 11 is 3.65. The van der Waals surface area contributed by atoms with E-state index in [1.807, 2.05) is 36.4 Å². The Morgan fingerprint density at radius 3 is 1.79 bits per heavy atom. The van der Waals surface area contributed by atoms with Crippen LogP contribution < -0.4 is 0 Å². The first-order chi connectivity index (χ1) is 18.7. The quantitative estimate of drug-likeness (QED) is 0.218. The van der Waals surface area contributed by atoms with Crippen molar-refractivity contribution in [1.82, 2.24) is 14.5 Å². The van der Waals surface area contributed by atoms with Gasteiger partial charge in [-0.25, -0.2) is 9.97 Å². The van der Waals surface area contributed by atoms with Crippen LogP contribution in [0.5, 0.6) is 0 Å². The molecule has 0 spiro atoms. The summed E-state index contributed by atoms with van der Waals surface area (Å²) in [5.74, 6) is 0.704. The fourth-order valence-corrected chi connectivity index (χ4v) is 5.46. The van der Waals surface area contributed by atoms with Gasteiger partial charge >= 0.3 is 0 Å². The molecule has 2 heterocycles. The van der Waals surface area contributed by atoms with Gasteiger partial charge in [0, 0.05) is 37.6 Å². The summed E-state index contributed by atoms with van der Waals surface area (Å²) in [6.45, 7) is 0. The van der Waals surface area contributed by atoms with E-state index in [4.69, 9.17) is 9.97 Å². The maximum Gasteiger partial charge on any atom is 0.160 e. The SMILES string of the molecule is Brc1ccc2c(c1)c1ccccc1n2-c1cccc(-c2nc(-c3ccccc3)cc(-c3ccccc3)n2)c1. The van der Waals surface area contributed by atoms with E-state index < -0.39 is 0 Å². The topological polar surface area (TPSA) is 30.7 Å². The highest BCUT2D eigenvalue weighted by Gasteiger charge is 2.15. The maximum absolute atomic E-state index is 5.03. The van der Waals surface area contributed by atoms with Crippen LogP contribution in [0, 0.1) is 0 Å². The summed E-state index contributed by atoms with van der Waals surface area (Å²) in [5, 5.41) is 2.44. The molecule has 0 aliphatic carbocycles. The average Bonchev–Trinajstić information content (AvgIpc) is 3.31. The lowest BCUT2D eigenvalue weighted by atomic mass is 10.1. The molecule has 38 heavy (non-hydrogen) atoms. The maximum atomic E-state index is 5.03. The van der Waals surface area contributed by atoms with Crippen molar-refractivity contribution in [3.05, 3.63) is 138 Å². The second-order valence-corrected chi connectivity index (χ2v) is 10.2. The Bertz CT molecular complexity index is 1870. The van der Waals surface area contributed by atoms with Crippen molar-refractivity contribution in [3.8, 4) is 39.6 Å². The number of halogens is 1. The van der Waals surface area contributed by atoms with Crippen LogP contribution in [0.2, 0.25) is 0 Å². The van der Waals surface area contributed by atoms with Gasteiger partial charge in [-0.2, -0.15) is 0 Å². The van der Waals surface area contributed by atoms with E-state index in [0.29, 0.717) is 5.82 Å². The van der Waals surface area contributed by atoms with Crippen LogP contribution in [0.1, 0.15) is 0 Å². The van der Waals surface area contributed by atoms with Crippen LogP contribution in [0.25, 0.3) is 61.4 Å². The summed E-state index contributed by atoms with van der Waals surface area (Å²) in [4.78, 5) is 10.1. The zero-order valence-corrected chi connectivity index (χ0v) is 22.0. The van der Waals surface area contributed by atoms with Crippen LogP contribution in [-0.2, 0) is 0 Å². The normalized spacial score (nSPS) is 11.3. The Balaban J connectivity index is 1.44. The van der Waals surface area contributed by atoms with Crippen LogP contribution in [0.3, 0.4) is 0 Å². The average molecular weight is 552 g/mol. The lowest BCUT2D eigenvalue weighted by Crippen LogP contribution is -1.98. The minimum Gasteiger partial charge on any atom is -0.309 e. The first kappa shape index (κ1) is 22.6. The van der Waals surface area contributed by atoms with Crippen molar-refractivity contribution in [3.63, 3.8) is 0 Å². The monoisotopic (exact) mass is 551 g/mol. The van der Waals surface area contributed by atoms with Crippen molar-refractivity contribution in [2.75, 3.05) is 0 Å². The molecule has 0 N–H and O–H groups in total. The number of hydrogen-bond acceptors (Lipinski definition) is 2. The molecule has 0 aliphatic heterocycles. The highest BCUT2D eigenvalue weighted by molar-refractivity contribution is 9.10. The predicted octanol–water partition coefficient (Wildman–Crippen LogP) is 9.34. The number of benzene rings is 5. The predicted molar refractivity (Wildman–Crippen MR) is 160 cm³/mol. The summed E-state index contributed by atoms with van der Waals surface area (Å²) < 4.78 is 3.39. The third kappa shape index (κ3) is 4.00. The van der Waals surface area contributed by atoms with Crippen molar-refractivity contribution < 1.29 is 0 Å². The van der Waals surface area contributed by atoms with E-state index >= 15 is 0 Å². The van der Waals surface area contributed by atoms with Crippen molar-refractivity contribution in [2.45, 2.75) is 0 Å². The lowest BCUT2D eigenvalue weighted by Gasteiger charge is -2.12. The van der Waals surface area contributed by atoms with Crippen LogP contribution in [-0.4, -0.2) is 14.5 Å². The van der Waals surface area contributed by atoms with E-state index in [-0.39, 0.29) is 0 Å². The van der Waals surface area contributed by atoms with Crippen LogP contribution in [0.15, 0.2) is 138 Å². The van der Waals surface area contributed by atoms with Gasteiger partial charge < -0.3 is 4.57 Å². The summed E-state index contributed by atoms with van der Waals surface area (Å²) in [6, 6.07) is 46.2. The smallest absolute Gasteiger partial charge is 0.160 e. The van der Waals surface area contributed by atoms with Crippen molar-refractivity contribution in [2.24, 2.45) is 0 Å². The molecule has 0 saturated carbocycles. The molecule has 4 heteroatoms. The minimum absolute atomic E-state index is 0.704. The van der Waals surface area contributed by atoms with E-state index in [9.17, 15) is 0 Å². The van der Waals surface area contributed by atoms with E-state index in [2.05, 4.69) is 118 Å². The third-order valence-corrected chi connectivity index (χ3v) is 7.36. The van der Waals surface area contributed by atoms with Crippen LogP contribution in [0.4, 0.5) is 0 Å². The van der Waals surface area contributed by atoms with Crippen LogP contribution >= 0.6 is 15.9 Å². The Kier molecular flexibility index (Phi) is 5.60. The molecule has 0 fully saturated rings. The molecular formula is C34H22BrN3. The van der Waals surface area contributed by atoms with Gasteiger partial charge in [-0.1, -0.05) is 107 Å². The second kappa shape index (κ2) is 9.40. The second-order valence-electron chi connectivity index (χ2n) is 9.26. The number of fused-ring (bicyclic) bond motifs is 3. The lowest BCUT2D eigenvalue weighted by molar-refractivity contribution is 1.16. The van der Waals surface area contributed by atoms with Gasteiger partial charge in [0.1, 0.15) is 0 Å².